The summed E-state index contributed by atoms with van der Waals surface area (Å²) in [5.41, 5.74) is 6.58. The molecule has 1 fully saturated rings. The maximum absolute atomic E-state index is 13.2. The zero-order chi connectivity index (χ0) is 14.5. The molecule has 20 heavy (non-hydrogen) atoms. The van der Waals surface area contributed by atoms with Crippen LogP contribution in [0.25, 0.3) is 0 Å². The van der Waals surface area contributed by atoms with Crippen molar-refractivity contribution in [2.75, 3.05) is 46.4 Å². The third-order valence-electron chi connectivity index (χ3n) is 3.72. The van der Waals surface area contributed by atoms with E-state index in [1.807, 2.05) is 6.92 Å². The zero-order valence-corrected chi connectivity index (χ0v) is 12.3. The van der Waals surface area contributed by atoms with Crippen molar-refractivity contribution in [2.45, 2.75) is 13.0 Å². The van der Waals surface area contributed by atoms with Gasteiger partial charge in [-0.15, -0.1) is 0 Å². The van der Waals surface area contributed by atoms with Crippen LogP contribution < -0.4 is 10.5 Å². The van der Waals surface area contributed by atoms with Crippen LogP contribution >= 0.6 is 0 Å². The van der Waals surface area contributed by atoms with E-state index in [2.05, 4.69) is 16.8 Å². The predicted molar refractivity (Wildman–Crippen MR) is 78.4 cm³/mol. The first kappa shape index (κ1) is 15.2. The summed E-state index contributed by atoms with van der Waals surface area (Å²) >= 11 is 0. The normalized spacial score (nSPS) is 19.0. The summed E-state index contributed by atoms with van der Waals surface area (Å²) < 4.78 is 19.0. The standard InChI is InChI=1S/C15H24FN3O/c1-12(17)14-11-13(16)3-4-15(14)20-10-9-19-7-5-18(2)6-8-19/h3-4,11-12H,5-10,17H2,1-2H3/t12-/m0/s1. The van der Waals surface area contributed by atoms with Gasteiger partial charge in [0.1, 0.15) is 18.2 Å². The summed E-state index contributed by atoms with van der Waals surface area (Å²) in [5.74, 6) is 0.416. The lowest BCUT2D eigenvalue weighted by molar-refractivity contribution is 0.133. The number of benzene rings is 1. The second kappa shape index (κ2) is 7.02. The van der Waals surface area contributed by atoms with E-state index >= 15 is 0 Å². The van der Waals surface area contributed by atoms with Crippen LogP contribution in [0.1, 0.15) is 18.5 Å². The van der Waals surface area contributed by atoms with Crippen molar-refractivity contribution in [3.8, 4) is 5.75 Å². The molecule has 2 N–H and O–H groups in total. The van der Waals surface area contributed by atoms with Gasteiger partial charge in [-0.05, 0) is 32.2 Å². The van der Waals surface area contributed by atoms with E-state index in [4.69, 9.17) is 10.5 Å². The molecule has 0 bridgehead atoms. The molecule has 0 unspecified atom stereocenters. The molecule has 1 aromatic carbocycles. The SMILES string of the molecule is C[C@H](N)c1cc(F)ccc1OCCN1CCN(C)CC1. The van der Waals surface area contributed by atoms with Gasteiger partial charge in [-0.1, -0.05) is 0 Å². The van der Waals surface area contributed by atoms with Crippen LogP contribution in [-0.2, 0) is 0 Å². The Hall–Kier alpha value is -1.17. The third kappa shape index (κ3) is 4.16. The first-order chi connectivity index (χ1) is 9.56. The molecule has 1 aliphatic rings. The number of nitrogens with zero attached hydrogens (tertiary/aromatic N) is 2. The molecular formula is C15H24FN3O. The van der Waals surface area contributed by atoms with Crippen molar-refractivity contribution in [2.24, 2.45) is 5.73 Å². The number of piperazine rings is 1. The Kier molecular flexibility index (Phi) is 5.34. The molecule has 4 nitrogen and oxygen atoms in total. The Labute approximate surface area is 120 Å². The van der Waals surface area contributed by atoms with Crippen LogP contribution in [0.4, 0.5) is 4.39 Å². The second-order valence-electron chi connectivity index (χ2n) is 5.46. The lowest BCUT2D eigenvalue weighted by atomic mass is 10.1. The highest BCUT2D eigenvalue weighted by molar-refractivity contribution is 5.36. The fraction of sp³-hybridized carbons (Fsp3) is 0.600. The van der Waals surface area contributed by atoms with Gasteiger partial charge in [0.15, 0.2) is 0 Å². The molecular weight excluding hydrogens is 257 g/mol. The molecule has 1 aromatic rings. The summed E-state index contributed by atoms with van der Waals surface area (Å²) in [6, 6.07) is 4.30. The fourth-order valence-corrected chi connectivity index (χ4v) is 2.36. The summed E-state index contributed by atoms with van der Waals surface area (Å²) in [7, 11) is 2.14. The molecule has 1 heterocycles. The van der Waals surface area contributed by atoms with Gasteiger partial charge < -0.3 is 15.4 Å². The van der Waals surface area contributed by atoms with Crippen molar-refractivity contribution in [3.05, 3.63) is 29.6 Å². The quantitative estimate of drug-likeness (QED) is 0.887. The van der Waals surface area contributed by atoms with E-state index in [-0.39, 0.29) is 11.9 Å². The van der Waals surface area contributed by atoms with Gasteiger partial charge in [0.2, 0.25) is 0 Å². The number of rotatable bonds is 5. The predicted octanol–water partition coefficient (Wildman–Crippen LogP) is 1.47. The maximum Gasteiger partial charge on any atom is 0.124 e. The third-order valence-corrected chi connectivity index (χ3v) is 3.72. The molecule has 1 aliphatic heterocycles. The number of nitrogens with two attached hydrogens (primary N) is 1. The van der Waals surface area contributed by atoms with E-state index in [1.165, 1.54) is 12.1 Å². The average molecular weight is 281 g/mol. The smallest absolute Gasteiger partial charge is 0.124 e. The molecule has 0 spiro atoms. The molecule has 0 saturated carbocycles. The first-order valence-corrected chi connectivity index (χ1v) is 7.15. The Balaban J connectivity index is 1.85. The van der Waals surface area contributed by atoms with Crippen LogP contribution in [0.3, 0.4) is 0 Å². The van der Waals surface area contributed by atoms with Gasteiger partial charge in [0, 0.05) is 44.3 Å². The second-order valence-corrected chi connectivity index (χ2v) is 5.46. The Morgan fingerprint density at radius 3 is 2.65 bits per heavy atom. The Morgan fingerprint density at radius 1 is 1.30 bits per heavy atom. The Bertz CT molecular complexity index is 431. The monoisotopic (exact) mass is 281 g/mol. The molecule has 0 aromatic heterocycles. The van der Waals surface area contributed by atoms with Crippen LogP contribution in [-0.4, -0.2) is 56.2 Å². The van der Waals surface area contributed by atoms with Gasteiger partial charge >= 0.3 is 0 Å². The van der Waals surface area contributed by atoms with Crippen molar-refractivity contribution in [1.29, 1.82) is 0 Å². The summed E-state index contributed by atoms with van der Waals surface area (Å²) in [5, 5.41) is 0. The topological polar surface area (TPSA) is 41.7 Å². The van der Waals surface area contributed by atoms with Crippen LogP contribution in [0.5, 0.6) is 5.75 Å². The molecule has 1 saturated heterocycles. The van der Waals surface area contributed by atoms with Crippen LogP contribution in [0.2, 0.25) is 0 Å². The molecule has 2 rings (SSSR count). The highest BCUT2D eigenvalue weighted by atomic mass is 19.1. The van der Waals surface area contributed by atoms with Crippen LogP contribution in [0, 0.1) is 5.82 Å². The summed E-state index contributed by atoms with van der Waals surface area (Å²) in [6.07, 6.45) is 0. The van der Waals surface area contributed by atoms with Crippen molar-refractivity contribution in [1.82, 2.24) is 9.80 Å². The van der Waals surface area contributed by atoms with Gasteiger partial charge in [-0.25, -0.2) is 4.39 Å². The number of halogens is 1. The lowest BCUT2D eigenvalue weighted by Gasteiger charge is -2.32. The molecule has 112 valence electrons. The molecule has 5 heteroatoms. The van der Waals surface area contributed by atoms with Crippen molar-refractivity contribution >= 4 is 0 Å². The highest BCUT2D eigenvalue weighted by Gasteiger charge is 2.14. The number of hydrogen-bond donors (Lipinski definition) is 1. The average Bonchev–Trinajstić information content (AvgIpc) is 2.42. The lowest BCUT2D eigenvalue weighted by Crippen LogP contribution is -2.45. The van der Waals surface area contributed by atoms with Gasteiger partial charge in [0.25, 0.3) is 0 Å². The van der Waals surface area contributed by atoms with Gasteiger partial charge in [-0.2, -0.15) is 0 Å². The Morgan fingerprint density at radius 2 is 2.00 bits per heavy atom. The van der Waals surface area contributed by atoms with Crippen LogP contribution in [0.15, 0.2) is 18.2 Å². The van der Waals surface area contributed by atoms with Gasteiger partial charge in [0.05, 0.1) is 0 Å². The van der Waals surface area contributed by atoms with Crippen molar-refractivity contribution in [3.63, 3.8) is 0 Å². The van der Waals surface area contributed by atoms with Crippen molar-refractivity contribution < 1.29 is 9.13 Å². The largest absolute Gasteiger partial charge is 0.492 e. The minimum Gasteiger partial charge on any atom is -0.492 e. The molecule has 0 radical (unpaired) electrons. The number of hydrogen-bond acceptors (Lipinski definition) is 4. The zero-order valence-electron chi connectivity index (χ0n) is 12.3. The van der Waals surface area contributed by atoms with E-state index in [9.17, 15) is 4.39 Å². The molecule has 1 atom stereocenters. The summed E-state index contributed by atoms with van der Waals surface area (Å²) in [4.78, 5) is 4.71. The van der Waals surface area contributed by atoms with E-state index in [1.54, 1.807) is 6.07 Å². The van der Waals surface area contributed by atoms with E-state index < -0.39 is 0 Å². The highest BCUT2D eigenvalue weighted by Crippen LogP contribution is 2.24. The minimum absolute atomic E-state index is 0.232. The van der Waals surface area contributed by atoms with Gasteiger partial charge in [-0.3, -0.25) is 4.90 Å². The molecule has 0 amide bonds. The molecule has 0 aliphatic carbocycles. The minimum atomic E-state index is -0.274. The summed E-state index contributed by atoms with van der Waals surface area (Å²) in [6.45, 7) is 7.68. The van der Waals surface area contributed by atoms with E-state index in [0.29, 0.717) is 12.4 Å². The number of likely N-dealkylation sites (N-methyl/N-ethyl adjacent to an activating group) is 1. The first-order valence-electron chi connectivity index (χ1n) is 7.15. The fourth-order valence-electron chi connectivity index (χ4n) is 2.36. The number of ether oxygens (including phenoxy) is 1. The van der Waals surface area contributed by atoms with E-state index in [0.717, 1.165) is 38.3 Å². The maximum atomic E-state index is 13.2.